The molecule has 3 atom stereocenters. The maximum atomic E-state index is 9.82. The van der Waals surface area contributed by atoms with Crippen LogP contribution in [0.4, 0.5) is 0 Å². The number of aromatic nitrogens is 1. The number of benzene rings is 1. The quantitative estimate of drug-likeness (QED) is 0.799. The van der Waals surface area contributed by atoms with E-state index >= 15 is 0 Å². The number of halogens is 2. The van der Waals surface area contributed by atoms with Crippen molar-refractivity contribution in [2.75, 3.05) is 0 Å². The van der Waals surface area contributed by atoms with E-state index in [2.05, 4.69) is 4.98 Å². The normalized spacial score (nSPS) is 27.1. The molecule has 1 heterocycles. The molecular weight excluding hydrogens is 289 g/mol. The van der Waals surface area contributed by atoms with E-state index < -0.39 is 18.3 Å². The highest BCUT2D eigenvalue weighted by Gasteiger charge is 2.34. The molecule has 1 fully saturated rings. The van der Waals surface area contributed by atoms with E-state index in [1.807, 2.05) is 6.07 Å². The van der Waals surface area contributed by atoms with Crippen LogP contribution in [0.5, 0.6) is 5.75 Å². The van der Waals surface area contributed by atoms with Gasteiger partial charge in [-0.05, 0) is 6.07 Å². The molecule has 0 radical (unpaired) electrons. The number of nitrogens with one attached hydrogen (secondary N) is 1. The molecule has 0 amide bonds. The van der Waals surface area contributed by atoms with Gasteiger partial charge >= 0.3 is 0 Å². The van der Waals surface area contributed by atoms with Crippen LogP contribution in [0, 0.1) is 0 Å². The van der Waals surface area contributed by atoms with Crippen LogP contribution in [0.15, 0.2) is 18.3 Å². The smallest absolute Gasteiger partial charge is 0.130 e. The molecule has 1 aromatic heterocycles. The Bertz CT molecular complexity index is 613. The second kappa shape index (κ2) is 4.87. The molecule has 0 spiro atoms. The first-order chi connectivity index (χ1) is 9.06. The number of ether oxygens (including phenoxy) is 1. The topological polar surface area (TPSA) is 65.5 Å². The predicted molar refractivity (Wildman–Crippen MR) is 74.0 cm³/mol. The molecule has 0 bridgehead atoms. The van der Waals surface area contributed by atoms with E-state index in [-0.39, 0.29) is 0 Å². The van der Waals surface area contributed by atoms with Crippen molar-refractivity contribution in [1.82, 2.24) is 4.98 Å². The molecule has 1 aliphatic carbocycles. The van der Waals surface area contributed by atoms with E-state index in [1.165, 1.54) is 0 Å². The summed E-state index contributed by atoms with van der Waals surface area (Å²) in [4.78, 5) is 3.01. The lowest BCUT2D eigenvalue weighted by Crippen LogP contribution is -2.25. The summed E-state index contributed by atoms with van der Waals surface area (Å²) in [5.74, 6) is 0.559. The maximum Gasteiger partial charge on any atom is 0.130 e. The molecule has 6 heteroatoms. The van der Waals surface area contributed by atoms with Crippen LogP contribution in [0.2, 0.25) is 10.0 Å². The number of aliphatic hydroxyl groups is 2. The van der Waals surface area contributed by atoms with Gasteiger partial charge in [-0.1, -0.05) is 23.2 Å². The monoisotopic (exact) mass is 301 g/mol. The fourth-order valence-electron chi connectivity index (χ4n) is 2.47. The standard InChI is InChI=1S/C13H13Cl2NO3/c14-8-5-10(7-1-2-16-13(7)12(8)15)19-11-4-6(17)3-9(11)18/h1-2,5-6,9,11,16-18H,3-4H2. The number of hydrogen-bond acceptors (Lipinski definition) is 3. The van der Waals surface area contributed by atoms with Crippen LogP contribution >= 0.6 is 23.2 Å². The Kier molecular flexibility index (Phi) is 3.35. The Balaban J connectivity index is 1.97. The summed E-state index contributed by atoms with van der Waals surface area (Å²) < 4.78 is 5.79. The van der Waals surface area contributed by atoms with Gasteiger partial charge in [0.05, 0.1) is 27.8 Å². The van der Waals surface area contributed by atoms with Crippen molar-refractivity contribution in [2.45, 2.75) is 31.2 Å². The van der Waals surface area contributed by atoms with Crippen LogP contribution in [0.25, 0.3) is 10.9 Å². The van der Waals surface area contributed by atoms with E-state index in [9.17, 15) is 10.2 Å². The van der Waals surface area contributed by atoms with Crippen molar-refractivity contribution in [3.05, 3.63) is 28.4 Å². The Labute approximate surface area is 119 Å². The van der Waals surface area contributed by atoms with Gasteiger partial charge in [0.25, 0.3) is 0 Å². The van der Waals surface area contributed by atoms with Gasteiger partial charge in [0, 0.05) is 30.5 Å². The van der Waals surface area contributed by atoms with Crippen LogP contribution in [-0.4, -0.2) is 33.5 Å². The molecule has 1 aromatic carbocycles. The van der Waals surface area contributed by atoms with Gasteiger partial charge in [-0.2, -0.15) is 0 Å². The molecule has 19 heavy (non-hydrogen) atoms. The summed E-state index contributed by atoms with van der Waals surface area (Å²) in [6.07, 6.45) is 0.878. The van der Waals surface area contributed by atoms with E-state index in [4.69, 9.17) is 27.9 Å². The molecule has 102 valence electrons. The highest BCUT2D eigenvalue weighted by Crippen LogP contribution is 2.38. The lowest BCUT2D eigenvalue weighted by molar-refractivity contribution is 0.0613. The van der Waals surface area contributed by atoms with Gasteiger partial charge in [-0.25, -0.2) is 0 Å². The molecule has 0 saturated heterocycles. The third-order valence-corrected chi connectivity index (χ3v) is 4.21. The minimum absolute atomic E-state index is 0.336. The van der Waals surface area contributed by atoms with Crippen molar-refractivity contribution < 1.29 is 14.9 Å². The second-order valence-electron chi connectivity index (χ2n) is 4.79. The zero-order chi connectivity index (χ0) is 13.6. The number of aliphatic hydroxyl groups excluding tert-OH is 2. The molecule has 3 rings (SSSR count). The maximum absolute atomic E-state index is 9.82. The summed E-state index contributed by atoms with van der Waals surface area (Å²) in [5, 5.41) is 21.0. The van der Waals surface area contributed by atoms with E-state index in [0.29, 0.717) is 34.2 Å². The summed E-state index contributed by atoms with van der Waals surface area (Å²) in [5.41, 5.74) is 0.706. The van der Waals surface area contributed by atoms with Crippen molar-refractivity contribution in [1.29, 1.82) is 0 Å². The molecular formula is C13H13Cl2NO3. The molecule has 3 N–H and O–H groups in total. The summed E-state index contributed by atoms with van der Waals surface area (Å²) in [6.45, 7) is 0. The van der Waals surface area contributed by atoms with Gasteiger partial charge in [-0.3, -0.25) is 0 Å². The summed E-state index contributed by atoms with van der Waals surface area (Å²) in [6, 6.07) is 3.47. The average Bonchev–Trinajstić information content (AvgIpc) is 2.94. The lowest BCUT2D eigenvalue weighted by atomic mass is 10.2. The number of H-pyrrole nitrogens is 1. The SMILES string of the molecule is OC1CC(O)C(Oc2cc(Cl)c(Cl)c3[nH]ccc23)C1. The van der Waals surface area contributed by atoms with Crippen molar-refractivity contribution >= 4 is 34.1 Å². The van der Waals surface area contributed by atoms with Crippen molar-refractivity contribution in [3.8, 4) is 5.75 Å². The lowest BCUT2D eigenvalue weighted by Gasteiger charge is -2.18. The minimum Gasteiger partial charge on any atom is -0.487 e. The number of hydrogen-bond donors (Lipinski definition) is 3. The fourth-order valence-corrected chi connectivity index (χ4v) is 2.88. The summed E-state index contributed by atoms with van der Waals surface area (Å²) in [7, 11) is 0. The summed E-state index contributed by atoms with van der Waals surface area (Å²) >= 11 is 12.2. The first-order valence-electron chi connectivity index (χ1n) is 6.04. The van der Waals surface area contributed by atoms with E-state index in [0.717, 1.165) is 5.39 Å². The third kappa shape index (κ3) is 2.30. The highest BCUT2D eigenvalue weighted by molar-refractivity contribution is 6.45. The highest BCUT2D eigenvalue weighted by atomic mass is 35.5. The zero-order valence-corrected chi connectivity index (χ0v) is 11.4. The van der Waals surface area contributed by atoms with Gasteiger partial charge in [0.2, 0.25) is 0 Å². The Morgan fingerprint density at radius 1 is 1.26 bits per heavy atom. The van der Waals surface area contributed by atoms with Crippen LogP contribution in [0.3, 0.4) is 0 Å². The van der Waals surface area contributed by atoms with E-state index in [1.54, 1.807) is 12.3 Å². The predicted octanol–water partition coefficient (Wildman–Crippen LogP) is 2.74. The first kappa shape index (κ1) is 13.1. The van der Waals surface area contributed by atoms with Crippen LogP contribution in [-0.2, 0) is 0 Å². The van der Waals surface area contributed by atoms with Crippen LogP contribution in [0.1, 0.15) is 12.8 Å². The Morgan fingerprint density at radius 3 is 2.74 bits per heavy atom. The molecule has 3 unspecified atom stereocenters. The largest absolute Gasteiger partial charge is 0.487 e. The van der Waals surface area contributed by atoms with Gasteiger partial charge < -0.3 is 19.9 Å². The Morgan fingerprint density at radius 2 is 2.05 bits per heavy atom. The molecule has 0 aliphatic heterocycles. The first-order valence-corrected chi connectivity index (χ1v) is 6.79. The molecule has 2 aromatic rings. The van der Waals surface area contributed by atoms with Gasteiger partial charge in [-0.15, -0.1) is 0 Å². The van der Waals surface area contributed by atoms with Crippen molar-refractivity contribution in [3.63, 3.8) is 0 Å². The number of aromatic amines is 1. The van der Waals surface area contributed by atoms with Gasteiger partial charge in [0.1, 0.15) is 11.9 Å². The average molecular weight is 302 g/mol. The number of rotatable bonds is 2. The molecule has 4 nitrogen and oxygen atoms in total. The zero-order valence-electron chi connectivity index (χ0n) is 9.94. The van der Waals surface area contributed by atoms with Crippen molar-refractivity contribution in [2.24, 2.45) is 0 Å². The molecule has 1 saturated carbocycles. The Hall–Kier alpha value is -0.940. The third-order valence-electron chi connectivity index (χ3n) is 3.42. The second-order valence-corrected chi connectivity index (χ2v) is 5.57. The fraction of sp³-hybridized carbons (Fsp3) is 0.385. The number of fused-ring (bicyclic) bond motifs is 1. The van der Waals surface area contributed by atoms with Crippen LogP contribution < -0.4 is 4.74 Å². The molecule has 1 aliphatic rings. The minimum atomic E-state index is -0.668. The van der Waals surface area contributed by atoms with Gasteiger partial charge in [0.15, 0.2) is 0 Å².